The highest BCUT2D eigenvalue weighted by atomic mass is 32.1. The summed E-state index contributed by atoms with van der Waals surface area (Å²) in [5, 5.41) is 25.3. The van der Waals surface area contributed by atoms with Crippen LogP contribution >= 0.6 is 11.3 Å². The number of carbonyl (C=O) groups is 1. The van der Waals surface area contributed by atoms with E-state index in [1.54, 1.807) is 17.0 Å². The lowest BCUT2D eigenvalue weighted by atomic mass is 10.2. The summed E-state index contributed by atoms with van der Waals surface area (Å²) >= 11 is 1.50. The molecule has 0 atom stereocenters. The Hall–Kier alpha value is -3.93. The fourth-order valence-corrected chi connectivity index (χ4v) is 3.69. The highest BCUT2D eigenvalue weighted by molar-refractivity contribution is 7.13. The first kappa shape index (κ1) is 21.3. The minimum atomic E-state index is -0.478. The largest absolute Gasteiger partial charge is 0.418 e. The molecule has 0 saturated carbocycles. The molecule has 0 aliphatic rings. The van der Waals surface area contributed by atoms with Gasteiger partial charge in [0.05, 0.1) is 16.3 Å². The maximum Gasteiger partial charge on any atom is 0.270 e. The van der Waals surface area contributed by atoms with Gasteiger partial charge in [-0.05, 0) is 17.9 Å². The second-order valence-electron chi connectivity index (χ2n) is 6.87. The van der Waals surface area contributed by atoms with Gasteiger partial charge in [-0.2, -0.15) is 5.10 Å². The Morgan fingerprint density at radius 1 is 1.28 bits per heavy atom. The van der Waals surface area contributed by atoms with E-state index in [-0.39, 0.29) is 24.7 Å². The van der Waals surface area contributed by atoms with Gasteiger partial charge in [0.15, 0.2) is 5.82 Å². The Labute approximate surface area is 186 Å². The van der Waals surface area contributed by atoms with Crippen molar-refractivity contribution < 1.29 is 14.1 Å². The minimum absolute atomic E-state index is 0.0339. The summed E-state index contributed by atoms with van der Waals surface area (Å²) < 4.78 is 7.11. The summed E-state index contributed by atoms with van der Waals surface area (Å²) in [6, 6.07) is 9.83. The van der Waals surface area contributed by atoms with Gasteiger partial charge in [-0.3, -0.25) is 14.9 Å². The predicted octanol–water partition coefficient (Wildman–Crippen LogP) is 3.40. The molecule has 3 heterocycles. The first-order valence-electron chi connectivity index (χ1n) is 9.81. The predicted molar refractivity (Wildman–Crippen MR) is 115 cm³/mol. The van der Waals surface area contributed by atoms with Crippen LogP contribution in [0.25, 0.3) is 22.2 Å². The summed E-state index contributed by atoms with van der Waals surface area (Å²) in [6.07, 6.45) is 2.19. The van der Waals surface area contributed by atoms with Crippen LogP contribution in [0, 0.1) is 10.1 Å². The summed E-state index contributed by atoms with van der Waals surface area (Å²) in [7, 11) is 0. The van der Waals surface area contributed by atoms with E-state index in [1.165, 1.54) is 34.5 Å². The molecule has 4 rings (SSSR count). The molecular formula is C20H19N7O4S. The summed E-state index contributed by atoms with van der Waals surface area (Å²) in [6.45, 7) is 2.65. The van der Waals surface area contributed by atoms with Crippen molar-refractivity contribution in [3.63, 3.8) is 0 Å². The zero-order chi connectivity index (χ0) is 22.5. The van der Waals surface area contributed by atoms with Gasteiger partial charge in [0, 0.05) is 24.2 Å². The van der Waals surface area contributed by atoms with Crippen LogP contribution in [0.1, 0.15) is 19.2 Å². The van der Waals surface area contributed by atoms with Crippen LogP contribution in [0.5, 0.6) is 0 Å². The van der Waals surface area contributed by atoms with Crippen LogP contribution < -0.4 is 0 Å². The van der Waals surface area contributed by atoms with Crippen LogP contribution in [0.15, 0.2) is 52.5 Å². The summed E-state index contributed by atoms with van der Waals surface area (Å²) in [5.74, 6) is 0.905. The zero-order valence-electron chi connectivity index (χ0n) is 17.1. The minimum Gasteiger partial charge on any atom is -0.418 e. The molecule has 0 aliphatic heterocycles. The second-order valence-corrected chi connectivity index (χ2v) is 7.81. The standard InChI is InChI=1S/C20H19N7O4S/c1-2-8-25(11-17-22-23-20(31-17)16-7-4-9-32-16)18(28)12-26-13-21-19(24-26)14-5-3-6-15(10-14)27(29)30/h3-7,9-10,13H,2,8,11-12H2,1H3. The van der Waals surface area contributed by atoms with Crippen molar-refractivity contribution in [3.8, 4) is 22.2 Å². The third-order valence-electron chi connectivity index (χ3n) is 4.52. The van der Waals surface area contributed by atoms with Crippen molar-refractivity contribution in [2.75, 3.05) is 6.54 Å². The number of nitro benzene ring substituents is 1. The average Bonchev–Trinajstić information content (AvgIpc) is 3.55. The van der Waals surface area contributed by atoms with Crippen molar-refractivity contribution in [3.05, 3.63) is 64.1 Å². The van der Waals surface area contributed by atoms with Gasteiger partial charge < -0.3 is 9.32 Å². The smallest absolute Gasteiger partial charge is 0.270 e. The maximum atomic E-state index is 12.9. The molecule has 0 unspecified atom stereocenters. The number of carbonyl (C=O) groups excluding carboxylic acids is 1. The molecule has 164 valence electrons. The molecule has 32 heavy (non-hydrogen) atoms. The van der Waals surface area contributed by atoms with E-state index >= 15 is 0 Å². The second kappa shape index (κ2) is 9.47. The number of non-ortho nitro benzene ring substituents is 1. The van der Waals surface area contributed by atoms with Crippen LogP contribution in [0.4, 0.5) is 5.69 Å². The third-order valence-corrected chi connectivity index (χ3v) is 5.38. The number of rotatable bonds is 9. The monoisotopic (exact) mass is 453 g/mol. The molecule has 1 aromatic carbocycles. The first-order valence-corrected chi connectivity index (χ1v) is 10.7. The maximum absolute atomic E-state index is 12.9. The number of hydrogen-bond donors (Lipinski definition) is 0. The molecule has 12 heteroatoms. The molecule has 0 saturated heterocycles. The highest BCUT2D eigenvalue weighted by Crippen LogP contribution is 2.23. The van der Waals surface area contributed by atoms with E-state index in [4.69, 9.17) is 4.42 Å². The lowest BCUT2D eigenvalue weighted by Gasteiger charge is -2.20. The van der Waals surface area contributed by atoms with Gasteiger partial charge in [0.1, 0.15) is 12.9 Å². The number of aromatic nitrogens is 5. The van der Waals surface area contributed by atoms with Gasteiger partial charge in [-0.1, -0.05) is 25.1 Å². The third kappa shape index (κ3) is 4.86. The van der Waals surface area contributed by atoms with Crippen molar-refractivity contribution >= 4 is 22.9 Å². The van der Waals surface area contributed by atoms with E-state index in [2.05, 4.69) is 20.3 Å². The molecule has 0 bridgehead atoms. The van der Waals surface area contributed by atoms with Crippen LogP contribution in [-0.2, 0) is 17.9 Å². The normalized spacial score (nSPS) is 10.9. The van der Waals surface area contributed by atoms with Crippen molar-refractivity contribution in [1.82, 2.24) is 29.9 Å². The summed E-state index contributed by atoms with van der Waals surface area (Å²) in [4.78, 5) is 30.1. The lowest BCUT2D eigenvalue weighted by Crippen LogP contribution is -2.34. The molecule has 0 radical (unpaired) electrons. The van der Waals surface area contributed by atoms with Crippen LogP contribution in [0.2, 0.25) is 0 Å². The number of amides is 1. The molecule has 11 nitrogen and oxygen atoms in total. The number of benzene rings is 1. The Morgan fingerprint density at radius 2 is 2.16 bits per heavy atom. The Bertz CT molecular complexity index is 1220. The SMILES string of the molecule is CCCN(Cc1nnc(-c2cccs2)o1)C(=O)Cn1cnc(-c2cccc([N+](=O)[O-])c2)n1. The van der Waals surface area contributed by atoms with E-state index in [1.807, 2.05) is 24.4 Å². The van der Waals surface area contributed by atoms with Crippen LogP contribution in [-0.4, -0.2) is 47.2 Å². The lowest BCUT2D eigenvalue weighted by molar-refractivity contribution is -0.384. The molecule has 3 aromatic heterocycles. The molecule has 4 aromatic rings. The Kier molecular flexibility index (Phi) is 6.31. The molecule has 0 spiro atoms. The highest BCUT2D eigenvalue weighted by Gasteiger charge is 2.19. The van der Waals surface area contributed by atoms with Gasteiger partial charge in [-0.15, -0.1) is 21.5 Å². The van der Waals surface area contributed by atoms with Crippen molar-refractivity contribution in [2.45, 2.75) is 26.4 Å². The molecule has 0 fully saturated rings. The number of thiophene rings is 1. The molecular weight excluding hydrogens is 434 g/mol. The summed E-state index contributed by atoms with van der Waals surface area (Å²) in [5.41, 5.74) is 0.452. The number of hydrogen-bond acceptors (Lipinski definition) is 9. The topological polar surface area (TPSA) is 133 Å². The van der Waals surface area contributed by atoms with Crippen molar-refractivity contribution in [2.24, 2.45) is 0 Å². The fourth-order valence-electron chi connectivity index (χ4n) is 3.04. The van der Waals surface area contributed by atoms with Crippen LogP contribution in [0.3, 0.4) is 0 Å². The van der Waals surface area contributed by atoms with Gasteiger partial charge >= 0.3 is 0 Å². The quantitative estimate of drug-likeness (QED) is 0.278. The van der Waals surface area contributed by atoms with Crippen molar-refractivity contribution in [1.29, 1.82) is 0 Å². The van der Waals surface area contributed by atoms with E-state index in [0.717, 1.165) is 11.3 Å². The first-order chi connectivity index (χ1) is 15.5. The van der Waals surface area contributed by atoms with E-state index < -0.39 is 4.92 Å². The fraction of sp³-hybridized carbons (Fsp3) is 0.250. The van der Waals surface area contributed by atoms with Gasteiger partial charge in [0.25, 0.3) is 11.6 Å². The van der Waals surface area contributed by atoms with Gasteiger partial charge in [0.2, 0.25) is 11.8 Å². The molecule has 0 aliphatic carbocycles. The Balaban J connectivity index is 1.44. The van der Waals surface area contributed by atoms with E-state index in [0.29, 0.717) is 29.7 Å². The van der Waals surface area contributed by atoms with Gasteiger partial charge in [-0.25, -0.2) is 9.67 Å². The molecule has 1 amide bonds. The average molecular weight is 453 g/mol. The van der Waals surface area contributed by atoms with E-state index in [9.17, 15) is 14.9 Å². The number of nitrogens with zero attached hydrogens (tertiary/aromatic N) is 7. The number of nitro groups is 1. The zero-order valence-corrected chi connectivity index (χ0v) is 17.9. The molecule has 0 N–H and O–H groups in total. The Morgan fingerprint density at radius 3 is 2.91 bits per heavy atom.